The lowest BCUT2D eigenvalue weighted by atomic mass is 9.87. The van der Waals surface area contributed by atoms with Crippen molar-refractivity contribution in [2.24, 2.45) is 0 Å². The van der Waals surface area contributed by atoms with Gasteiger partial charge in [0.1, 0.15) is 23.5 Å². The summed E-state index contributed by atoms with van der Waals surface area (Å²) in [5, 5.41) is 1.86. The van der Waals surface area contributed by atoms with Gasteiger partial charge in [0.2, 0.25) is 0 Å². The van der Waals surface area contributed by atoms with E-state index in [0.29, 0.717) is 55.5 Å². The van der Waals surface area contributed by atoms with Crippen LogP contribution in [0, 0.1) is 11.6 Å². The second-order valence-corrected chi connectivity index (χ2v) is 21.2. The average Bonchev–Trinajstić information content (AvgIpc) is 3.81. The fourth-order valence-electron chi connectivity index (χ4n) is 9.12. The average molecular weight is 834 g/mol. The molecule has 1 N–H and O–H groups in total. The van der Waals surface area contributed by atoms with Gasteiger partial charge in [-0.05, 0) is 59.3 Å². The molecule has 314 valence electrons. The Labute approximate surface area is 343 Å². The first-order valence-corrected chi connectivity index (χ1v) is 22.1. The number of fused-ring (bicyclic) bond motifs is 3. The lowest BCUT2D eigenvalue weighted by Crippen LogP contribution is -2.67. The molecule has 2 aliphatic rings. The molecular weight excluding hydrogens is 782 g/mol. The predicted molar refractivity (Wildman–Crippen MR) is 222 cm³/mol. The van der Waals surface area contributed by atoms with Crippen molar-refractivity contribution in [3.8, 4) is 5.75 Å². The van der Waals surface area contributed by atoms with E-state index in [-0.39, 0.29) is 17.4 Å². The minimum absolute atomic E-state index is 0.0138. The van der Waals surface area contributed by atoms with E-state index in [2.05, 4.69) is 4.98 Å². The number of carbonyl (C=O) groups is 1. The Morgan fingerprint density at radius 2 is 1.58 bits per heavy atom. The smallest absolute Gasteiger partial charge is 0.337 e. The standard InChI is InChI=1S/C46H52F5N3O4Si/c1-30-23-37-36-18-17-31(44(55)56-5)24-40(36)52-42(37)43(41-38(48)25-33(26-39(41)49)58-32-19-22-53(27-32)21-12-20-47)54(30)28-46(50,51)29-57-59(45(2,3)4,34-13-8-6-9-14-34)35-15-10-7-11-16-35/h6-11,13-18,24-26,30,32,43,52H,12,19-23,27-29H2,1-5H3/t30-,32+,43-/m1/s1. The third kappa shape index (κ3) is 8.57. The number of esters is 1. The van der Waals surface area contributed by atoms with Crippen LogP contribution in [0.2, 0.25) is 5.04 Å². The van der Waals surface area contributed by atoms with Crippen LogP contribution in [0.15, 0.2) is 91.0 Å². The number of H-pyrrole nitrogens is 1. The molecule has 5 aromatic rings. The number of aromatic nitrogens is 1. The van der Waals surface area contributed by atoms with Gasteiger partial charge in [-0.15, -0.1) is 0 Å². The highest BCUT2D eigenvalue weighted by Crippen LogP contribution is 2.45. The number of ether oxygens (including phenoxy) is 2. The van der Waals surface area contributed by atoms with Gasteiger partial charge >= 0.3 is 5.97 Å². The maximum atomic E-state index is 16.9. The molecule has 3 heterocycles. The minimum atomic E-state index is -3.48. The van der Waals surface area contributed by atoms with Crippen LogP contribution in [0.5, 0.6) is 5.75 Å². The monoisotopic (exact) mass is 833 g/mol. The Balaban J connectivity index is 1.26. The van der Waals surface area contributed by atoms with Crippen molar-refractivity contribution in [2.45, 2.75) is 76.1 Å². The summed E-state index contributed by atoms with van der Waals surface area (Å²) < 4.78 is 97.6. The number of likely N-dealkylation sites (tertiary alicyclic amines) is 1. The summed E-state index contributed by atoms with van der Waals surface area (Å²) in [6, 6.07) is 24.3. The Morgan fingerprint density at radius 1 is 0.932 bits per heavy atom. The molecule has 0 spiro atoms. The van der Waals surface area contributed by atoms with Gasteiger partial charge in [0.15, 0.2) is 0 Å². The van der Waals surface area contributed by atoms with Gasteiger partial charge in [-0.2, -0.15) is 0 Å². The van der Waals surface area contributed by atoms with Gasteiger partial charge in [-0.3, -0.25) is 14.2 Å². The van der Waals surface area contributed by atoms with E-state index in [4.69, 9.17) is 13.9 Å². The van der Waals surface area contributed by atoms with Crippen molar-refractivity contribution in [1.82, 2.24) is 14.8 Å². The van der Waals surface area contributed by atoms with Gasteiger partial charge in [-0.1, -0.05) is 87.5 Å². The van der Waals surface area contributed by atoms with Crippen molar-refractivity contribution in [1.29, 1.82) is 0 Å². The molecule has 1 saturated heterocycles. The highest BCUT2D eigenvalue weighted by atomic mass is 28.4. The number of benzene rings is 4. The van der Waals surface area contributed by atoms with Gasteiger partial charge in [0.25, 0.3) is 14.2 Å². The number of carbonyl (C=O) groups excluding carboxylic acids is 1. The number of nitrogens with one attached hydrogen (secondary N) is 1. The molecule has 0 bridgehead atoms. The van der Waals surface area contributed by atoms with Crippen LogP contribution in [0.3, 0.4) is 0 Å². The summed E-state index contributed by atoms with van der Waals surface area (Å²) in [6.45, 7) is 7.32. The quantitative estimate of drug-likeness (QED) is 0.0688. The van der Waals surface area contributed by atoms with Crippen LogP contribution in [-0.4, -0.2) is 93.7 Å². The number of alkyl halides is 3. The summed E-state index contributed by atoms with van der Waals surface area (Å²) in [4.78, 5) is 19.2. The Morgan fingerprint density at radius 3 is 2.17 bits per heavy atom. The summed E-state index contributed by atoms with van der Waals surface area (Å²) in [7, 11) is -2.10. The first kappa shape index (κ1) is 42.6. The highest BCUT2D eigenvalue weighted by Gasteiger charge is 2.53. The second-order valence-electron chi connectivity index (χ2n) is 16.9. The largest absolute Gasteiger partial charge is 0.489 e. The zero-order valence-electron chi connectivity index (χ0n) is 34.2. The van der Waals surface area contributed by atoms with E-state index in [1.54, 1.807) is 25.1 Å². The molecule has 0 saturated carbocycles. The van der Waals surface area contributed by atoms with Crippen molar-refractivity contribution in [2.75, 3.05) is 46.6 Å². The Bertz CT molecular complexity index is 2190. The van der Waals surface area contributed by atoms with Crippen LogP contribution in [0.4, 0.5) is 22.0 Å². The maximum Gasteiger partial charge on any atom is 0.337 e. The molecule has 13 heteroatoms. The van der Waals surface area contributed by atoms with E-state index >= 15 is 17.6 Å². The Hall–Kier alpha value is -4.56. The van der Waals surface area contributed by atoms with E-state index in [9.17, 15) is 9.18 Å². The molecule has 1 fully saturated rings. The van der Waals surface area contributed by atoms with Crippen molar-refractivity contribution in [3.63, 3.8) is 0 Å². The summed E-state index contributed by atoms with van der Waals surface area (Å²) in [5.74, 6) is -5.94. The summed E-state index contributed by atoms with van der Waals surface area (Å²) >= 11 is 0. The summed E-state index contributed by atoms with van der Waals surface area (Å²) in [5.41, 5.74) is 1.45. The molecule has 1 aromatic heterocycles. The molecule has 0 aliphatic carbocycles. The van der Waals surface area contributed by atoms with Crippen LogP contribution in [0.1, 0.15) is 73.8 Å². The lowest BCUT2D eigenvalue weighted by molar-refractivity contribution is -0.0825. The second kappa shape index (κ2) is 17.2. The van der Waals surface area contributed by atoms with Crippen molar-refractivity contribution in [3.05, 3.63) is 125 Å². The number of aromatic amines is 1. The highest BCUT2D eigenvalue weighted by molar-refractivity contribution is 6.99. The van der Waals surface area contributed by atoms with Crippen LogP contribution in [0.25, 0.3) is 10.9 Å². The molecule has 7 rings (SSSR count). The minimum Gasteiger partial charge on any atom is -0.489 e. The third-order valence-electron chi connectivity index (χ3n) is 11.8. The number of rotatable bonds is 14. The topological polar surface area (TPSA) is 67.0 Å². The van der Waals surface area contributed by atoms with Gasteiger partial charge in [0, 0.05) is 60.0 Å². The van der Waals surface area contributed by atoms with E-state index < -0.39 is 74.4 Å². The molecule has 2 aliphatic heterocycles. The number of hydrogen-bond acceptors (Lipinski definition) is 6. The Kier molecular flexibility index (Phi) is 12.4. The maximum absolute atomic E-state index is 16.9. The summed E-state index contributed by atoms with van der Waals surface area (Å²) in [6.07, 6.45) is 0.956. The van der Waals surface area contributed by atoms with Crippen LogP contribution < -0.4 is 15.1 Å². The fourth-order valence-corrected chi connectivity index (χ4v) is 13.7. The van der Waals surface area contributed by atoms with Gasteiger partial charge < -0.3 is 18.9 Å². The number of methoxy groups -OCH3 is 1. The van der Waals surface area contributed by atoms with Crippen LogP contribution in [-0.2, 0) is 15.6 Å². The van der Waals surface area contributed by atoms with Crippen molar-refractivity contribution >= 4 is 35.6 Å². The molecule has 0 amide bonds. The molecule has 3 atom stereocenters. The number of hydrogen-bond donors (Lipinski definition) is 1. The third-order valence-corrected chi connectivity index (χ3v) is 16.8. The first-order chi connectivity index (χ1) is 28.2. The number of nitrogens with zero attached hydrogens (tertiary/aromatic N) is 2. The SMILES string of the molecule is COC(=O)c1ccc2c3c([nH]c2c1)[C@@H](c1c(F)cc(O[C@H]2CCN(CCCF)C2)cc1F)N(CC(F)(F)CO[Si](c1ccccc1)(c1ccccc1)C(C)(C)C)[C@H](C)C3. The van der Waals surface area contributed by atoms with Gasteiger partial charge in [0.05, 0.1) is 38.5 Å². The van der Waals surface area contributed by atoms with Crippen molar-refractivity contribution < 1.29 is 40.6 Å². The lowest BCUT2D eigenvalue weighted by Gasteiger charge is -2.45. The van der Waals surface area contributed by atoms with Crippen LogP contribution >= 0.6 is 0 Å². The van der Waals surface area contributed by atoms with Gasteiger partial charge in [-0.25, -0.2) is 22.4 Å². The normalized spacial score (nSPS) is 19.3. The molecule has 0 unspecified atom stereocenters. The first-order valence-electron chi connectivity index (χ1n) is 20.2. The molecule has 4 aromatic carbocycles. The number of halogens is 5. The van der Waals surface area contributed by atoms with E-state index in [1.807, 2.05) is 86.3 Å². The fraction of sp³-hybridized carbons (Fsp3) is 0.413. The predicted octanol–water partition coefficient (Wildman–Crippen LogP) is 8.59. The zero-order chi connectivity index (χ0) is 42.1. The zero-order valence-corrected chi connectivity index (χ0v) is 35.2. The molecular formula is C46H52F5N3O4Si. The van der Waals surface area contributed by atoms with E-state index in [1.165, 1.54) is 12.0 Å². The van der Waals surface area contributed by atoms with E-state index in [0.717, 1.165) is 28.1 Å². The molecule has 7 nitrogen and oxygen atoms in total. The molecule has 59 heavy (non-hydrogen) atoms. The molecule has 0 radical (unpaired) electrons.